The molecule has 0 amide bonds. The summed E-state index contributed by atoms with van der Waals surface area (Å²) in [4.78, 5) is 5.19. The summed E-state index contributed by atoms with van der Waals surface area (Å²) in [6.07, 6.45) is 2.55. The number of nitrogens with two attached hydrogens (primary N) is 1. The fourth-order valence-corrected chi connectivity index (χ4v) is 2.87. The van der Waals surface area contributed by atoms with Crippen molar-refractivity contribution in [3.8, 4) is 0 Å². The smallest absolute Gasteiger partial charge is 0.0113 e. The summed E-state index contributed by atoms with van der Waals surface area (Å²) in [6.45, 7) is 16.2. The maximum absolute atomic E-state index is 5.87. The Morgan fingerprint density at radius 3 is 2.06 bits per heavy atom. The van der Waals surface area contributed by atoms with Crippen LogP contribution in [0, 0.1) is 11.8 Å². The van der Waals surface area contributed by atoms with Crippen LogP contribution in [0.4, 0.5) is 0 Å². The molecule has 1 atom stereocenters. The minimum atomic E-state index is 0.699. The van der Waals surface area contributed by atoms with Crippen LogP contribution in [0.5, 0.6) is 0 Å². The molecule has 0 aliphatic carbocycles. The van der Waals surface area contributed by atoms with E-state index in [-0.39, 0.29) is 0 Å². The zero-order chi connectivity index (χ0) is 13.5. The lowest BCUT2D eigenvalue weighted by molar-refractivity contribution is 0.103. The molecule has 0 aromatic rings. The van der Waals surface area contributed by atoms with Crippen LogP contribution in [0.2, 0.25) is 0 Å². The lowest BCUT2D eigenvalue weighted by Gasteiger charge is -2.37. The van der Waals surface area contributed by atoms with E-state index >= 15 is 0 Å². The van der Waals surface area contributed by atoms with Crippen molar-refractivity contribution < 1.29 is 0 Å². The van der Waals surface area contributed by atoms with E-state index in [1.165, 1.54) is 45.6 Å². The summed E-state index contributed by atoms with van der Waals surface area (Å²) in [5.41, 5.74) is 5.87. The molecule has 1 rings (SSSR count). The Morgan fingerprint density at radius 2 is 1.61 bits per heavy atom. The average molecular weight is 255 g/mol. The molecule has 0 saturated carbocycles. The number of hydrogen-bond acceptors (Lipinski definition) is 3. The Bertz CT molecular complexity index is 208. The van der Waals surface area contributed by atoms with Crippen LogP contribution in [0.15, 0.2) is 0 Å². The topological polar surface area (TPSA) is 32.5 Å². The zero-order valence-corrected chi connectivity index (χ0v) is 12.9. The molecule has 1 aliphatic rings. The van der Waals surface area contributed by atoms with Crippen LogP contribution < -0.4 is 5.73 Å². The molecule has 0 spiro atoms. The third-order valence-corrected chi connectivity index (χ3v) is 4.13. The molecule has 108 valence electrons. The monoisotopic (exact) mass is 255 g/mol. The Hall–Kier alpha value is -0.120. The van der Waals surface area contributed by atoms with Crippen LogP contribution in [-0.2, 0) is 0 Å². The molecule has 1 fully saturated rings. The molecule has 3 nitrogen and oxygen atoms in total. The van der Waals surface area contributed by atoms with Crippen LogP contribution in [0.25, 0.3) is 0 Å². The van der Waals surface area contributed by atoms with Gasteiger partial charge in [-0.3, -0.25) is 4.90 Å². The molecular weight excluding hydrogens is 222 g/mol. The van der Waals surface area contributed by atoms with Crippen molar-refractivity contribution in [1.82, 2.24) is 9.80 Å². The van der Waals surface area contributed by atoms with Crippen molar-refractivity contribution in [3.63, 3.8) is 0 Å². The predicted octanol–water partition coefficient (Wildman–Crippen LogP) is 2.02. The third-order valence-electron chi connectivity index (χ3n) is 4.13. The van der Waals surface area contributed by atoms with E-state index < -0.39 is 0 Å². The summed E-state index contributed by atoms with van der Waals surface area (Å²) >= 11 is 0. The molecular formula is C15H33N3. The maximum Gasteiger partial charge on any atom is 0.0113 e. The van der Waals surface area contributed by atoms with E-state index in [1.807, 2.05) is 0 Å². The lowest BCUT2D eigenvalue weighted by Crippen LogP contribution is -2.49. The molecule has 0 aromatic carbocycles. The van der Waals surface area contributed by atoms with E-state index in [2.05, 4.69) is 37.5 Å². The number of rotatable bonds is 7. The van der Waals surface area contributed by atoms with Gasteiger partial charge in [-0.25, -0.2) is 0 Å². The zero-order valence-electron chi connectivity index (χ0n) is 12.9. The highest BCUT2D eigenvalue weighted by atomic mass is 15.3. The second kappa shape index (κ2) is 8.13. The summed E-state index contributed by atoms with van der Waals surface area (Å²) in [7, 11) is 0. The molecule has 1 aliphatic heterocycles. The van der Waals surface area contributed by atoms with Crippen molar-refractivity contribution in [1.29, 1.82) is 0 Å². The Morgan fingerprint density at radius 1 is 1.00 bits per heavy atom. The van der Waals surface area contributed by atoms with Gasteiger partial charge in [-0.05, 0) is 51.6 Å². The molecule has 0 aromatic heterocycles. The number of hydrogen-bond donors (Lipinski definition) is 1. The molecule has 3 heteroatoms. The second-order valence-corrected chi connectivity index (χ2v) is 6.49. The van der Waals surface area contributed by atoms with Gasteiger partial charge in [0.2, 0.25) is 0 Å². The standard InChI is InChI=1S/C15H33N3/c1-13(2)11-15(12-16)5-6-17-7-9-18(10-8-17)14(3)4/h13-15H,5-12,16H2,1-4H3. The fraction of sp³-hybridized carbons (Fsp3) is 1.00. The molecule has 18 heavy (non-hydrogen) atoms. The second-order valence-electron chi connectivity index (χ2n) is 6.49. The summed E-state index contributed by atoms with van der Waals surface area (Å²) < 4.78 is 0. The van der Waals surface area contributed by atoms with E-state index in [0.29, 0.717) is 12.0 Å². The van der Waals surface area contributed by atoms with E-state index in [4.69, 9.17) is 5.73 Å². The van der Waals surface area contributed by atoms with E-state index in [0.717, 1.165) is 12.5 Å². The molecule has 2 N–H and O–H groups in total. The van der Waals surface area contributed by atoms with Gasteiger partial charge in [-0.2, -0.15) is 0 Å². The minimum absolute atomic E-state index is 0.699. The summed E-state index contributed by atoms with van der Waals surface area (Å²) in [6, 6.07) is 0.699. The molecule has 1 saturated heterocycles. The van der Waals surface area contributed by atoms with Gasteiger partial charge in [0.15, 0.2) is 0 Å². The number of nitrogens with zero attached hydrogens (tertiary/aromatic N) is 2. The van der Waals surface area contributed by atoms with Crippen LogP contribution in [0.1, 0.15) is 40.5 Å². The van der Waals surface area contributed by atoms with Crippen LogP contribution >= 0.6 is 0 Å². The third kappa shape index (κ3) is 5.68. The predicted molar refractivity (Wildman–Crippen MR) is 79.8 cm³/mol. The van der Waals surface area contributed by atoms with E-state index in [9.17, 15) is 0 Å². The van der Waals surface area contributed by atoms with Crippen LogP contribution in [-0.4, -0.2) is 55.1 Å². The largest absolute Gasteiger partial charge is 0.330 e. The first kappa shape index (κ1) is 15.9. The van der Waals surface area contributed by atoms with Crippen molar-refractivity contribution in [2.45, 2.75) is 46.6 Å². The number of piperazine rings is 1. The Kier molecular flexibility index (Phi) is 7.20. The van der Waals surface area contributed by atoms with E-state index in [1.54, 1.807) is 0 Å². The summed E-state index contributed by atoms with van der Waals surface area (Å²) in [5, 5.41) is 0. The first-order valence-electron chi connectivity index (χ1n) is 7.69. The molecule has 0 bridgehead atoms. The van der Waals surface area contributed by atoms with Gasteiger partial charge in [-0.1, -0.05) is 13.8 Å². The van der Waals surface area contributed by atoms with Gasteiger partial charge in [0, 0.05) is 32.2 Å². The molecule has 0 radical (unpaired) electrons. The highest BCUT2D eigenvalue weighted by Crippen LogP contribution is 2.15. The van der Waals surface area contributed by atoms with Gasteiger partial charge in [0.25, 0.3) is 0 Å². The first-order valence-corrected chi connectivity index (χ1v) is 7.69. The summed E-state index contributed by atoms with van der Waals surface area (Å²) in [5.74, 6) is 1.49. The normalized spacial score (nSPS) is 20.8. The van der Waals surface area contributed by atoms with Gasteiger partial charge >= 0.3 is 0 Å². The highest BCUT2D eigenvalue weighted by molar-refractivity contribution is 4.75. The van der Waals surface area contributed by atoms with Crippen molar-refractivity contribution >= 4 is 0 Å². The van der Waals surface area contributed by atoms with Crippen LogP contribution in [0.3, 0.4) is 0 Å². The van der Waals surface area contributed by atoms with Crippen molar-refractivity contribution in [2.75, 3.05) is 39.3 Å². The lowest BCUT2D eigenvalue weighted by atomic mass is 9.94. The molecule has 1 unspecified atom stereocenters. The Balaban J connectivity index is 2.20. The van der Waals surface area contributed by atoms with Gasteiger partial charge in [-0.15, -0.1) is 0 Å². The minimum Gasteiger partial charge on any atom is -0.330 e. The van der Waals surface area contributed by atoms with Crippen molar-refractivity contribution in [2.24, 2.45) is 17.6 Å². The van der Waals surface area contributed by atoms with Gasteiger partial charge in [0.05, 0.1) is 0 Å². The first-order chi connectivity index (χ1) is 8.52. The van der Waals surface area contributed by atoms with Gasteiger partial charge < -0.3 is 10.6 Å². The van der Waals surface area contributed by atoms with Gasteiger partial charge in [0.1, 0.15) is 0 Å². The highest BCUT2D eigenvalue weighted by Gasteiger charge is 2.19. The fourth-order valence-electron chi connectivity index (χ4n) is 2.87. The van der Waals surface area contributed by atoms with Crippen molar-refractivity contribution in [3.05, 3.63) is 0 Å². The average Bonchev–Trinajstić information content (AvgIpc) is 2.34. The quantitative estimate of drug-likeness (QED) is 0.755. The Labute approximate surface area is 114 Å². The SMILES string of the molecule is CC(C)CC(CN)CCN1CCN(C(C)C)CC1. The molecule has 1 heterocycles. The maximum atomic E-state index is 5.87.